The molecule has 0 aliphatic carbocycles. The molecule has 0 aliphatic rings. The monoisotopic (exact) mass is 303 g/mol. The van der Waals surface area contributed by atoms with Gasteiger partial charge in [0.15, 0.2) is 0 Å². The van der Waals surface area contributed by atoms with E-state index in [2.05, 4.69) is 10.3 Å². The van der Waals surface area contributed by atoms with Gasteiger partial charge in [-0.25, -0.2) is 4.79 Å². The number of carbonyl (C=O) groups excluding carboxylic acids is 1. The zero-order chi connectivity index (χ0) is 16.1. The Morgan fingerprint density at radius 3 is 2.86 bits per heavy atom. The third-order valence-electron chi connectivity index (χ3n) is 3.50. The summed E-state index contributed by atoms with van der Waals surface area (Å²) in [6.07, 6.45) is 0.0876. The van der Waals surface area contributed by atoms with E-state index in [0.717, 1.165) is 16.5 Å². The van der Waals surface area contributed by atoms with Crippen LogP contribution in [0.15, 0.2) is 35.1 Å². The molecule has 1 aromatic carbocycles. The van der Waals surface area contributed by atoms with Crippen molar-refractivity contribution in [1.82, 2.24) is 15.2 Å². The van der Waals surface area contributed by atoms with E-state index in [0.29, 0.717) is 13.0 Å². The summed E-state index contributed by atoms with van der Waals surface area (Å²) in [4.78, 5) is 27.9. The molecular weight excluding hydrogens is 282 g/mol. The molecule has 0 saturated carbocycles. The van der Waals surface area contributed by atoms with E-state index in [-0.39, 0.29) is 18.1 Å². The minimum atomic E-state index is -0.438. The van der Waals surface area contributed by atoms with Crippen LogP contribution in [-0.2, 0) is 6.54 Å². The molecule has 0 aliphatic heterocycles. The quantitative estimate of drug-likeness (QED) is 0.781. The van der Waals surface area contributed by atoms with Crippen LogP contribution in [0.2, 0.25) is 0 Å². The first-order valence-corrected chi connectivity index (χ1v) is 7.25. The summed E-state index contributed by atoms with van der Waals surface area (Å²) in [7, 11) is 1.67. The number of H-pyrrole nitrogens is 1. The number of rotatable bonds is 5. The van der Waals surface area contributed by atoms with E-state index in [1.807, 2.05) is 24.3 Å². The molecule has 118 valence electrons. The number of hydrogen-bond donors (Lipinski definition) is 3. The van der Waals surface area contributed by atoms with Gasteiger partial charge in [-0.1, -0.05) is 18.2 Å². The molecule has 1 atom stereocenters. The predicted octanol–water partition coefficient (Wildman–Crippen LogP) is 1.44. The smallest absolute Gasteiger partial charge is 0.317 e. The highest BCUT2D eigenvalue weighted by atomic mass is 16.3. The average molecular weight is 303 g/mol. The maximum atomic E-state index is 12.0. The number of aromatic nitrogens is 1. The SMILES string of the molecule is CC(O)CCN(C)C(=O)NCc1cc(=O)[nH]c2ccccc12. The first-order chi connectivity index (χ1) is 10.5. The van der Waals surface area contributed by atoms with Crippen molar-refractivity contribution in [2.45, 2.75) is 26.0 Å². The molecule has 2 rings (SSSR count). The number of amides is 2. The molecule has 6 nitrogen and oxygen atoms in total. The van der Waals surface area contributed by atoms with Gasteiger partial charge in [-0.2, -0.15) is 0 Å². The summed E-state index contributed by atoms with van der Waals surface area (Å²) < 4.78 is 0. The van der Waals surface area contributed by atoms with Crippen LogP contribution in [0.1, 0.15) is 18.9 Å². The number of carbonyl (C=O) groups is 1. The number of urea groups is 1. The molecule has 0 bridgehead atoms. The van der Waals surface area contributed by atoms with Crippen molar-refractivity contribution >= 4 is 16.9 Å². The van der Waals surface area contributed by atoms with Gasteiger partial charge in [0.05, 0.1) is 6.10 Å². The second kappa shape index (κ2) is 7.09. The number of fused-ring (bicyclic) bond motifs is 1. The number of nitrogens with one attached hydrogen (secondary N) is 2. The summed E-state index contributed by atoms with van der Waals surface area (Å²) in [6, 6.07) is 8.75. The Kier molecular flexibility index (Phi) is 5.16. The number of para-hydroxylation sites is 1. The van der Waals surface area contributed by atoms with Gasteiger partial charge in [-0.15, -0.1) is 0 Å². The van der Waals surface area contributed by atoms with Crippen LogP contribution in [0.25, 0.3) is 10.9 Å². The Morgan fingerprint density at radius 1 is 1.41 bits per heavy atom. The van der Waals surface area contributed by atoms with E-state index < -0.39 is 6.10 Å². The largest absolute Gasteiger partial charge is 0.393 e. The lowest BCUT2D eigenvalue weighted by Crippen LogP contribution is -2.38. The molecule has 0 fully saturated rings. The van der Waals surface area contributed by atoms with Crippen LogP contribution in [0.4, 0.5) is 4.79 Å². The topological polar surface area (TPSA) is 85.4 Å². The summed E-state index contributed by atoms with van der Waals surface area (Å²) in [5, 5.41) is 12.9. The number of aliphatic hydroxyl groups excluding tert-OH is 1. The Bertz CT molecular complexity index is 709. The number of aliphatic hydroxyl groups is 1. The van der Waals surface area contributed by atoms with Gasteiger partial charge in [-0.3, -0.25) is 4.79 Å². The first kappa shape index (κ1) is 16.0. The summed E-state index contributed by atoms with van der Waals surface area (Å²) >= 11 is 0. The predicted molar refractivity (Wildman–Crippen MR) is 85.7 cm³/mol. The van der Waals surface area contributed by atoms with Gasteiger partial charge in [0.25, 0.3) is 0 Å². The molecule has 1 unspecified atom stereocenters. The molecule has 1 aromatic heterocycles. The molecule has 6 heteroatoms. The van der Waals surface area contributed by atoms with Crippen LogP contribution in [0.5, 0.6) is 0 Å². The van der Waals surface area contributed by atoms with E-state index in [1.54, 1.807) is 14.0 Å². The van der Waals surface area contributed by atoms with Crippen molar-refractivity contribution in [2.75, 3.05) is 13.6 Å². The molecule has 2 amide bonds. The van der Waals surface area contributed by atoms with Crippen molar-refractivity contribution in [3.8, 4) is 0 Å². The van der Waals surface area contributed by atoms with E-state index >= 15 is 0 Å². The fraction of sp³-hybridized carbons (Fsp3) is 0.375. The summed E-state index contributed by atoms with van der Waals surface area (Å²) in [5.74, 6) is 0. The number of pyridine rings is 1. The van der Waals surface area contributed by atoms with Crippen LogP contribution >= 0.6 is 0 Å². The van der Waals surface area contributed by atoms with Gasteiger partial charge >= 0.3 is 6.03 Å². The Labute approximate surface area is 128 Å². The third kappa shape index (κ3) is 4.08. The van der Waals surface area contributed by atoms with Gasteiger partial charge in [0, 0.05) is 37.1 Å². The number of benzene rings is 1. The van der Waals surface area contributed by atoms with Crippen molar-refractivity contribution in [3.63, 3.8) is 0 Å². The molecule has 3 N–H and O–H groups in total. The van der Waals surface area contributed by atoms with Crippen molar-refractivity contribution in [3.05, 3.63) is 46.2 Å². The standard InChI is InChI=1S/C16H21N3O3/c1-11(20)7-8-19(2)16(22)17-10-12-9-15(21)18-14-6-4-3-5-13(12)14/h3-6,9,11,20H,7-8,10H2,1-2H3,(H,17,22)(H,18,21). The molecule has 0 spiro atoms. The Hall–Kier alpha value is -2.34. The number of aromatic amines is 1. The van der Waals surface area contributed by atoms with Crippen molar-refractivity contribution < 1.29 is 9.90 Å². The highest BCUT2D eigenvalue weighted by Crippen LogP contribution is 2.14. The number of nitrogens with zero attached hydrogens (tertiary/aromatic N) is 1. The zero-order valence-corrected chi connectivity index (χ0v) is 12.8. The van der Waals surface area contributed by atoms with E-state index in [4.69, 9.17) is 0 Å². The highest BCUT2D eigenvalue weighted by Gasteiger charge is 2.10. The van der Waals surface area contributed by atoms with Gasteiger partial charge in [0.1, 0.15) is 0 Å². The van der Waals surface area contributed by atoms with E-state index in [1.165, 1.54) is 11.0 Å². The summed E-state index contributed by atoms with van der Waals surface area (Å²) in [5.41, 5.74) is 1.34. The zero-order valence-electron chi connectivity index (χ0n) is 12.8. The van der Waals surface area contributed by atoms with Gasteiger partial charge in [0.2, 0.25) is 5.56 Å². The lowest BCUT2D eigenvalue weighted by atomic mass is 10.1. The third-order valence-corrected chi connectivity index (χ3v) is 3.50. The van der Waals surface area contributed by atoms with Crippen LogP contribution in [0.3, 0.4) is 0 Å². The Balaban J connectivity index is 2.05. The number of hydrogen-bond acceptors (Lipinski definition) is 3. The van der Waals surface area contributed by atoms with Crippen molar-refractivity contribution in [1.29, 1.82) is 0 Å². The van der Waals surface area contributed by atoms with E-state index in [9.17, 15) is 14.7 Å². The minimum Gasteiger partial charge on any atom is -0.393 e. The second-order valence-corrected chi connectivity index (χ2v) is 5.42. The molecule has 2 aromatic rings. The maximum Gasteiger partial charge on any atom is 0.317 e. The molecule has 1 heterocycles. The normalized spacial score (nSPS) is 12.1. The first-order valence-electron chi connectivity index (χ1n) is 7.25. The van der Waals surface area contributed by atoms with Crippen LogP contribution in [0, 0.1) is 0 Å². The lowest BCUT2D eigenvalue weighted by Gasteiger charge is -2.19. The molecule has 0 saturated heterocycles. The minimum absolute atomic E-state index is 0.189. The van der Waals surface area contributed by atoms with Gasteiger partial charge < -0.3 is 20.3 Å². The van der Waals surface area contributed by atoms with Crippen LogP contribution in [-0.4, -0.2) is 40.7 Å². The summed E-state index contributed by atoms with van der Waals surface area (Å²) in [6.45, 7) is 2.44. The molecular formula is C16H21N3O3. The average Bonchev–Trinajstić information content (AvgIpc) is 2.49. The van der Waals surface area contributed by atoms with Crippen molar-refractivity contribution in [2.24, 2.45) is 0 Å². The maximum absolute atomic E-state index is 12.0. The Morgan fingerprint density at radius 2 is 2.14 bits per heavy atom. The van der Waals surface area contributed by atoms with Gasteiger partial charge in [-0.05, 0) is 25.0 Å². The fourth-order valence-electron chi connectivity index (χ4n) is 2.21. The highest BCUT2D eigenvalue weighted by molar-refractivity contribution is 5.82. The fourth-order valence-corrected chi connectivity index (χ4v) is 2.21. The lowest BCUT2D eigenvalue weighted by molar-refractivity contribution is 0.163. The molecule has 0 radical (unpaired) electrons. The second-order valence-electron chi connectivity index (χ2n) is 5.42. The molecule has 22 heavy (non-hydrogen) atoms. The van der Waals surface area contributed by atoms with Crippen LogP contribution < -0.4 is 10.9 Å².